The minimum Gasteiger partial charge on any atom is -0.348 e. The number of thiazole rings is 1. The van der Waals surface area contributed by atoms with E-state index in [1.54, 1.807) is 13.8 Å². The van der Waals surface area contributed by atoms with Crippen molar-refractivity contribution in [2.45, 2.75) is 45.7 Å². The van der Waals surface area contributed by atoms with Gasteiger partial charge in [-0.3, -0.25) is 18.7 Å². The molecule has 1 aromatic carbocycles. The van der Waals surface area contributed by atoms with Gasteiger partial charge in [0.1, 0.15) is 17.1 Å². The predicted octanol–water partition coefficient (Wildman–Crippen LogP) is 3.62. The smallest absolute Gasteiger partial charge is 0.333 e. The van der Waals surface area contributed by atoms with Crippen LogP contribution in [0.25, 0.3) is 10.3 Å². The lowest BCUT2D eigenvalue weighted by atomic mass is 10.1. The number of piperidine rings is 1. The lowest BCUT2D eigenvalue weighted by Gasteiger charge is -2.25. The lowest BCUT2D eigenvalue weighted by molar-refractivity contribution is -0.116. The summed E-state index contributed by atoms with van der Waals surface area (Å²) < 4.78 is 16.7. The minimum atomic E-state index is -0.684. The monoisotopic (exact) mass is 479 g/mol. The van der Waals surface area contributed by atoms with Crippen LogP contribution in [0.2, 0.25) is 5.02 Å². The van der Waals surface area contributed by atoms with E-state index in [-0.39, 0.29) is 16.4 Å². The Labute approximate surface area is 192 Å². The highest BCUT2D eigenvalue weighted by molar-refractivity contribution is 7.22. The summed E-state index contributed by atoms with van der Waals surface area (Å²) in [4.78, 5) is 45.5. The third kappa shape index (κ3) is 4.29. The van der Waals surface area contributed by atoms with Crippen LogP contribution >= 0.6 is 22.9 Å². The summed E-state index contributed by atoms with van der Waals surface area (Å²) in [6.07, 6.45) is 3.22. The Bertz CT molecular complexity index is 1290. The maximum Gasteiger partial charge on any atom is 0.333 e. The first-order chi connectivity index (χ1) is 15.3. The molecule has 2 aromatic heterocycles. The Hall–Kier alpha value is -2.72. The fourth-order valence-corrected chi connectivity index (χ4v) is 5.00. The van der Waals surface area contributed by atoms with Gasteiger partial charge in [-0.25, -0.2) is 14.2 Å². The third-order valence-electron chi connectivity index (χ3n) is 5.35. The Kier molecular flexibility index (Phi) is 6.34. The van der Waals surface area contributed by atoms with E-state index < -0.39 is 35.6 Å². The van der Waals surface area contributed by atoms with Gasteiger partial charge in [0.05, 0.1) is 5.69 Å². The zero-order chi connectivity index (χ0) is 23.0. The second-order valence-corrected chi connectivity index (χ2v) is 9.42. The predicted molar refractivity (Wildman–Crippen MR) is 125 cm³/mol. The van der Waals surface area contributed by atoms with Crippen LogP contribution in [0.5, 0.6) is 0 Å². The van der Waals surface area contributed by atoms with Crippen LogP contribution in [-0.4, -0.2) is 33.1 Å². The summed E-state index contributed by atoms with van der Waals surface area (Å²) in [6, 6.07) is 3.49. The van der Waals surface area contributed by atoms with Gasteiger partial charge in [0, 0.05) is 24.2 Å². The van der Waals surface area contributed by atoms with E-state index in [1.165, 1.54) is 28.0 Å². The highest BCUT2D eigenvalue weighted by atomic mass is 35.5. The van der Waals surface area contributed by atoms with Gasteiger partial charge in [0.25, 0.3) is 5.56 Å². The Morgan fingerprint density at radius 2 is 1.97 bits per heavy atom. The number of amides is 1. The highest BCUT2D eigenvalue weighted by Crippen LogP contribution is 2.28. The molecule has 1 N–H and O–H groups in total. The second-order valence-electron chi connectivity index (χ2n) is 8.01. The van der Waals surface area contributed by atoms with E-state index in [0.29, 0.717) is 9.83 Å². The Morgan fingerprint density at radius 1 is 1.25 bits per heavy atom. The molecule has 3 aromatic rings. The van der Waals surface area contributed by atoms with Gasteiger partial charge in [-0.2, -0.15) is 0 Å². The van der Waals surface area contributed by atoms with E-state index in [0.717, 1.165) is 43.0 Å². The number of benzene rings is 1. The van der Waals surface area contributed by atoms with Crippen LogP contribution in [-0.2, 0) is 11.3 Å². The molecule has 1 saturated heterocycles. The summed E-state index contributed by atoms with van der Waals surface area (Å²) >= 11 is 6.99. The fourth-order valence-electron chi connectivity index (χ4n) is 3.78. The molecular weight excluding hydrogens is 457 g/mol. The van der Waals surface area contributed by atoms with Crippen molar-refractivity contribution < 1.29 is 9.18 Å². The van der Waals surface area contributed by atoms with Crippen LogP contribution in [0.1, 0.15) is 39.2 Å². The van der Waals surface area contributed by atoms with Crippen LogP contribution in [0.15, 0.2) is 27.8 Å². The first-order valence-corrected chi connectivity index (χ1v) is 11.6. The molecule has 0 spiro atoms. The molecular formula is C21H23ClFN5O3S. The quantitative estimate of drug-likeness (QED) is 0.603. The largest absolute Gasteiger partial charge is 0.348 e. The molecule has 0 unspecified atom stereocenters. The van der Waals surface area contributed by atoms with Crippen molar-refractivity contribution in [2.75, 3.05) is 23.3 Å². The number of halogens is 2. The number of rotatable bonds is 5. The fraction of sp³-hybridized carbons (Fsp3) is 0.429. The molecule has 170 valence electrons. The molecule has 0 radical (unpaired) electrons. The van der Waals surface area contributed by atoms with E-state index in [9.17, 15) is 18.8 Å². The van der Waals surface area contributed by atoms with Crippen LogP contribution in [0.4, 0.5) is 15.2 Å². The van der Waals surface area contributed by atoms with Crippen molar-refractivity contribution in [3.05, 3.63) is 49.9 Å². The standard InChI is InChI=1S/C21H23ClFN5O3S/c1-12(2)28-19(30)17-18(25-20(32-17)26-8-4-3-5-9-26)27(21(28)31)11-16(29)24-15-7-6-13(22)10-14(15)23/h6-7,10,12H,3-5,8-9,11H2,1-2H3,(H,24,29). The van der Waals surface area contributed by atoms with Crippen molar-refractivity contribution in [3.63, 3.8) is 0 Å². The zero-order valence-corrected chi connectivity index (χ0v) is 19.3. The summed E-state index contributed by atoms with van der Waals surface area (Å²) in [5.74, 6) is -1.30. The van der Waals surface area contributed by atoms with E-state index in [1.807, 2.05) is 0 Å². The topological polar surface area (TPSA) is 89.2 Å². The molecule has 4 rings (SSSR count). The van der Waals surface area contributed by atoms with Crippen LogP contribution < -0.4 is 21.5 Å². The Morgan fingerprint density at radius 3 is 2.62 bits per heavy atom. The zero-order valence-electron chi connectivity index (χ0n) is 17.7. The number of aromatic nitrogens is 3. The third-order valence-corrected chi connectivity index (χ3v) is 6.68. The molecule has 0 aliphatic carbocycles. The summed E-state index contributed by atoms with van der Waals surface area (Å²) in [6.45, 7) is 4.72. The van der Waals surface area contributed by atoms with Crippen molar-refractivity contribution in [1.29, 1.82) is 0 Å². The normalized spacial score (nSPS) is 14.3. The van der Waals surface area contributed by atoms with E-state index in [2.05, 4.69) is 15.2 Å². The molecule has 32 heavy (non-hydrogen) atoms. The second kappa shape index (κ2) is 9.03. The molecule has 0 bridgehead atoms. The van der Waals surface area contributed by atoms with Gasteiger partial charge in [-0.15, -0.1) is 0 Å². The first kappa shape index (κ1) is 22.5. The maximum atomic E-state index is 14.1. The number of carbonyl (C=O) groups excluding carboxylic acids is 1. The van der Waals surface area contributed by atoms with Crippen molar-refractivity contribution in [1.82, 2.24) is 14.1 Å². The lowest BCUT2D eigenvalue weighted by Crippen LogP contribution is -2.42. The summed E-state index contributed by atoms with van der Waals surface area (Å²) in [5, 5.41) is 3.32. The average molecular weight is 480 g/mol. The van der Waals surface area contributed by atoms with Crippen molar-refractivity contribution in [3.8, 4) is 0 Å². The summed E-state index contributed by atoms with van der Waals surface area (Å²) in [5.41, 5.74) is -0.914. The number of nitrogens with zero attached hydrogens (tertiary/aromatic N) is 4. The number of fused-ring (bicyclic) bond motifs is 1. The number of hydrogen-bond acceptors (Lipinski definition) is 6. The van der Waals surface area contributed by atoms with Gasteiger partial charge >= 0.3 is 5.69 Å². The SMILES string of the molecule is CC(C)n1c(=O)c2sc(N3CCCCC3)nc2n(CC(=O)Nc2ccc(Cl)cc2F)c1=O. The average Bonchev–Trinajstić information content (AvgIpc) is 3.19. The van der Waals surface area contributed by atoms with Gasteiger partial charge in [0.2, 0.25) is 5.91 Å². The minimum absolute atomic E-state index is 0.0480. The van der Waals surface area contributed by atoms with Crippen molar-refractivity contribution >= 4 is 50.0 Å². The molecule has 1 amide bonds. The summed E-state index contributed by atoms with van der Waals surface area (Å²) in [7, 11) is 0. The van der Waals surface area contributed by atoms with Gasteiger partial charge < -0.3 is 10.2 Å². The first-order valence-electron chi connectivity index (χ1n) is 10.4. The highest BCUT2D eigenvalue weighted by Gasteiger charge is 2.23. The van der Waals surface area contributed by atoms with Crippen LogP contribution in [0, 0.1) is 5.82 Å². The molecule has 1 aliphatic rings. The molecule has 0 saturated carbocycles. The molecule has 1 aliphatic heterocycles. The Balaban J connectivity index is 1.76. The number of carbonyl (C=O) groups is 1. The van der Waals surface area contributed by atoms with E-state index in [4.69, 9.17) is 11.6 Å². The van der Waals surface area contributed by atoms with Gasteiger partial charge in [-0.1, -0.05) is 22.9 Å². The molecule has 11 heteroatoms. The van der Waals surface area contributed by atoms with E-state index >= 15 is 0 Å². The molecule has 0 atom stereocenters. The number of hydrogen-bond donors (Lipinski definition) is 1. The van der Waals surface area contributed by atoms with Gasteiger partial charge in [0.15, 0.2) is 10.8 Å². The molecule has 3 heterocycles. The number of nitrogens with one attached hydrogen (secondary N) is 1. The molecule has 1 fully saturated rings. The van der Waals surface area contributed by atoms with Crippen molar-refractivity contribution in [2.24, 2.45) is 0 Å². The number of anilines is 2. The van der Waals surface area contributed by atoms with Crippen LogP contribution in [0.3, 0.4) is 0 Å². The molecule has 8 nitrogen and oxygen atoms in total. The maximum absolute atomic E-state index is 14.1. The van der Waals surface area contributed by atoms with Gasteiger partial charge in [-0.05, 0) is 51.3 Å².